The molecule has 0 aliphatic carbocycles. The minimum Gasteiger partial charge on any atom is -0.265 e. The molecule has 0 saturated heterocycles. The molecule has 4 nitrogen and oxygen atoms in total. The van der Waals surface area contributed by atoms with Crippen LogP contribution < -0.4 is 4.72 Å². The van der Waals surface area contributed by atoms with E-state index in [2.05, 4.69) is 25.6 Å². The molecule has 0 fully saturated rings. The largest absolute Gasteiger partial charge is 0.265 e. The van der Waals surface area contributed by atoms with Crippen LogP contribution in [0.1, 0.15) is 19.4 Å². The minimum atomic E-state index is -3.23. The maximum Gasteiger partial charge on any atom is 0.212 e. The molecule has 18 heavy (non-hydrogen) atoms. The molecule has 0 saturated carbocycles. The van der Waals surface area contributed by atoms with E-state index in [1.807, 2.05) is 26.0 Å². The summed E-state index contributed by atoms with van der Waals surface area (Å²) >= 11 is 3.36. The van der Waals surface area contributed by atoms with Gasteiger partial charge in [0.2, 0.25) is 10.0 Å². The summed E-state index contributed by atoms with van der Waals surface area (Å²) < 4.78 is 26.5. The number of hydrogen-bond donors (Lipinski definition) is 1. The lowest BCUT2D eigenvalue weighted by molar-refractivity contribution is 0.484. The smallest absolute Gasteiger partial charge is 0.212 e. The first-order valence-corrected chi connectivity index (χ1v) is 8.67. The first-order valence-electron chi connectivity index (χ1n) is 5.89. The van der Waals surface area contributed by atoms with E-state index in [0.717, 1.165) is 10.9 Å². The van der Waals surface area contributed by atoms with Crippen molar-refractivity contribution in [1.29, 1.82) is 0 Å². The number of rotatable bonds is 7. The van der Waals surface area contributed by atoms with Gasteiger partial charge in [-0.2, -0.15) is 0 Å². The summed E-state index contributed by atoms with van der Waals surface area (Å²) in [6.07, 6.45) is 3.85. The maximum atomic E-state index is 11.9. The molecular weight excluding hydrogens is 316 g/mol. The van der Waals surface area contributed by atoms with Crippen molar-refractivity contribution in [2.45, 2.75) is 26.3 Å². The molecule has 0 radical (unpaired) electrons. The summed E-state index contributed by atoms with van der Waals surface area (Å²) in [5.41, 5.74) is 0.983. The van der Waals surface area contributed by atoms with Crippen molar-refractivity contribution in [3.8, 4) is 0 Å². The molecule has 1 aromatic heterocycles. The van der Waals surface area contributed by atoms with Crippen LogP contribution in [0.4, 0.5) is 0 Å². The number of sulfonamides is 1. The van der Waals surface area contributed by atoms with Crippen molar-refractivity contribution in [1.82, 2.24) is 9.71 Å². The highest BCUT2D eigenvalue weighted by Gasteiger charge is 2.18. The molecule has 2 unspecified atom stereocenters. The van der Waals surface area contributed by atoms with Crippen molar-refractivity contribution < 1.29 is 8.42 Å². The van der Waals surface area contributed by atoms with Gasteiger partial charge in [0, 0.05) is 23.8 Å². The summed E-state index contributed by atoms with van der Waals surface area (Å²) in [4.78, 5) is 3.90. The van der Waals surface area contributed by atoms with Crippen LogP contribution in [0.15, 0.2) is 24.5 Å². The zero-order chi connectivity index (χ0) is 13.6. The quantitative estimate of drug-likeness (QED) is 0.775. The van der Waals surface area contributed by atoms with Crippen molar-refractivity contribution in [2.75, 3.05) is 11.1 Å². The van der Waals surface area contributed by atoms with Gasteiger partial charge in [0.05, 0.1) is 5.75 Å². The molecule has 0 aliphatic heterocycles. The Hall–Kier alpha value is -0.460. The second-order valence-corrected chi connectivity index (χ2v) is 6.98. The van der Waals surface area contributed by atoms with Crippen molar-refractivity contribution in [3.63, 3.8) is 0 Å². The van der Waals surface area contributed by atoms with Gasteiger partial charge in [-0.3, -0.25) is 4.98 Å². The standard InChI is InChI=1S/C12H19BrN2O2S/c1-10(9-13)11(2)15-18(16,17)8-5-12-3-6-14-7-4-12/h3-4,6-7,10-11,15H,5,8-9H2,1-2H3. The Labute approximate surface area is 117 Å². The molecule has 0 aliphatic rings. The second kappa shape index (κ2) is 7.21. The van der Waals surface area contributed by atoms with Gasteiger partial charge in [0.25, 0.3) is 0 Å². The fourth-order valence-corrected chi connectivity index (χ4v) is 3.38. The monoisotopic (exact) mass is 334 g/mol. The number of halogens is 1. The van der Waals surface area contributed by atoms with Gasteiger partial charge < -0.3 is 0 Å². The first-order chi connectivity index (χ1) is 8.44. The number of aromatic nitrogens is 1. The third-order valence-corrected chi connectivity index (χ3v) is 5.37. The maximum absolute atomic E-state index is 11.9. The molecule has 0 aromatic carbocycles. The molecule has 1 aromatic rings. The van der Waals surface area contributed by atoms with E-state index in [0.29, 0.717) is 6.42 Å². The summed E-state index contributed by atoms with van der Waals surface area (Å²) in [6.45, 7) is 3.89. The van der Waals surface area contributed by atoms with Crippen LogP contribution in [0.3, 0.4) is 0 Å². The van der Waals surface area contributed by atoms with Crippen LogP contribution in [0.5, 0.6) is 0 Å². The molecule has 0 bridgehead atoms. The Morgan fingerprint density at radius 3 is 2.50 bits per heavy atom. The molecular formula is C12H19BrN2O2S. The number of hydrogen-bond acceptors (Lipinski definition) is 3. The second-order valence-electron chi connectivity index (χ2n) is 4.46. The third kappa shape index (κ3) is 5.46. The van der Waals surface area contributed by atoms with E-state index in [1.54, 1.807) is 12.4 Å². The minimum absolute atomic E-state index is 0.0631. The van der Waals surface area contributed by atoms with Gasteiger partial charge in [0.1, 0.15) is 0 Å². The summed E-state index contributed by atoms with van der Waals surface area (Å²) in [6, 6.07) is 3.60. The summed E-state index contributed by atoms with van der Waals surface area (Å²) in [5.74, 6) is 0.372. The SMILES string of the molecule is CC(CBr)C(C)NS(=O)(=O)CCc1ccncc1. The van der Waals surface area contributed by atoms with Crippen molar-refractivity contribution in [2.24, 2.45) is 5.92 Å². The molecule has 2 atom stereocenters. The first kappa shape index (κ1) is 15.6. The fraction of sp³-hybridized carbons (Fsp3) is 0.583. The zero-order valence-corrected chi connectivity index (χ0v) is 13.0. The lowest BCUT2D eigenvalue weighted by Crippen LogP contribution is -2.39. The highest BCUT2D eigenvalue weighted by molar-refractivity contribution is 9.09. The zero-order valence-electron chi connectivity index (χ0n) is 10.6. The number of nitrogens with one attached hydrogen (secondary N) is 1. The van der Waals surface area contributed by atoms with Gasteiger partial charge in [-0.05, 0) is 37.0 Å². The Morgan fingerprint density at radius 2 is 1.94 bits per heavy atom. The van der Waals surface area contributed by atoms with E-state index in [4.69, 9.17) is 0 Å². The topological polar surface area (TPSA) is 59.1 Å². The van der Waals surface area contributed by atoms with Crippen molar-refractivity contribution in [3.05, 3.63) is 30.1 Å². The lowest BCUT2D eigenvalue weighted by Gasteiger charge is -2.19. The van der Waals surface area contributed by atoms with Gasteiger partial charge in [0.15, 0.2) is 0 Å². The van der Waals surface area contributed by atoms with Crippen LogP contribution in [0.25, 0.3) is 0 Å². The highest BCUT2D eigenvalue weighted by atomic mass is 79.9. The molecule has 102 valence electrons. The van der Waals surface area contributed by atoms with Gasteiger partial charge in [-0.25, -0.2) is 13.1 Å². The molecule has 6 heteroatoms. The van der Waals surface area contributed by atoms with Gasteiger partial charge in [-0.15, -0.1) is 0 Å². The number of nitrogens with zero attached hydrogens (tertiary/aromatic N) is 1. The highest BCUT2D eigenvalue weighted by Crippen LogP contribution is 2.08. The molecule has 1 heterocycles. The van der Waals surface area contributed by atoms with E-state index < -0.39 is 10.0 Å². The lowest BCUT2D eigenvalue weighted by atomic mass is 10.1. The van der Waals surface area contributed by atoms with Gasteiger partial charge in [-0.1, -0.05) is 22.9 Å². The number of pyridine rings is 1. The van der Waals surface area contributed by atoms with Crippen LogP contribution in [-0.4, -0.2) is 30.5 Å². The van der Waals surface area contributed by atoms with E-state index >= 15 is 0 Å². The number of alkyl halides is 1. The average molecular weight is 335 g/mol. The normalized spacial score (nSPS) is 15.3. The van der Waals surface area contributed by atoms with Crippen LogP contribution >= 0.6 is 15.9 Å². The van der Waals surface area contributed by atoms with E-state index in [9.17, 15) is 8.42 Å². The predicted molar refractivity (Wildman–Crippen MR) is 77.3 cm³/mol. The summed E-state index contributed by atoms with van der Waals surface area (Å²) in [5, 5.41) is 0.779. The van der Waals surface area contributed by atoms with Crippen LogP contribution in [-0.2, 0) is 16.4 Å². The summed E-state index contributed by atoms with van der Waals surface area (Å²) in [7, 11) is -3.23. The number of aryl methyl sites for hydroxylation is 1. The third-order valence-electron chi connectivity index (χ3n) is 2.87. The Bertz CT molecular complexity index is 450. The fourth-order valence-electron chi connectivity index (χ4n) is 1.39. The predicted octanol–water partition coefficient (Wildman–Crippen LogP) is 1.96. The molecule has 1 N–H and O–H groups in total. The Balaban J connectivity index is 2.50. The molecule has 1 rings (SSSR count). The van der Waals surface area contributed by atoms with Crippen molar-refractivity contribution >= 4 is 26.0 Å². The average Bonchev–Trinajstić information content (AvgIpc) is 2.36. The Morgan fingerprint density at radius 1 is 1.33 bits per heavy atom. The van der Waals surface area contributed by atoms with Crippen LogP contribution in [0, 0.1) is 5.92 Å². The van der Waals surface area contributed by atoms with Gasteiger partial charge >= 0.3 is 0 Å². The van der Waals surface area contributed by atoms with E-state index in [-0.39, 0.29) is 17.7 Å². The molecule has 0 amide bonds. The van der Waals surface area contributed by atoms with Crippen LogP contribution in [0.2, 0.25) is 0 Å². The Kier molecular flexibility index (Phi) is 6.25. The van der Waals surface area contributed by atoms with E-state index in [1.165, 1.54) is 0 Å². The molecule has 0 spiro atoms.